The van der Waals surface area contributed by atoms with Crippen molar-refractivity contribution < 1.29 is 14.6 Å². The summed E-state index contributed by atoms with van der Waals surface area (Å²) in [6.45, 7) is 1.17. The molecule has 78 valence electrons. The van der Waals surface area contributed by atoms with Crippen molar-refractivity contribution in [1.29, 1.82) is 0 Å². The van der Waals surface area contributed by atoms with Gasteiger partial charge in [0.2, 0.25) is 0 Å². The fourth-order valence-electron chi connectivity index (χ4n) is 0.888. The number of aliphatic hydroxyl groups excluding tert-OH is 2. The van der Waals surface area contributed by atoms with Gasteiger partial charge < -0.3 is 15.5 Å². The summed E-state index contributed by atoms with van der Waals surface area (Å²) in [6.07, 6.45) is 1.07. The number of pyridine rings is 1. The topological polar surface area (TPSA) is 65.4 Å². The van der Waals surface area contributed by atoms with Crippen molar-refractivity contribution in [3.05, 3.63) is 24.1 Å². The minimum atomic E-state index is -0.842. The lowest BCUT2D eigenvalue weighted by Gasteiger charge is -2.26. The molecule has 0 aromatic carbocycles. The standard InChI is InChI=1S/C9H13FN2O2/c1-9(5-13,6-14)12-8-3-2-7(10)4-11-8/h2-4,13-14H,5-6H2,1H3,(H,11,12). The molecular weight excluding hydrogens is 187 g/mol. The lowest BCUT2D eigenvalue weighted by Crippen LogP contribution is -2.42. The number of halogens is 1. The normalized spacial score (nSPS) is 11.4. The Kier molecular flexibility index (Phi) is 3.38. The van der Waals surface area contributed by atoms with E-state index in [2.05, 4.69) is 10.3 Å². The van der Waals surface area contributed by atoms with Gasteiger partial charge in [-0.2, -0.15) is 0 Å². The zero-order chi connectivity index (χ0) is 10.6. The van der Waals surface area contributed by atoms with Gasteiger partial charge >= 0.3 is 0 Å². The van der Waals surface area contributed by atoms with Gasteiger partial charge in [0.25, 0.3) is 0 Å². The van der Waals surface area contributed by atoms with E-state index < -0.39 is 11.4 Å². The Hall–Kier alpha value is -1.20. The number of rotatable bonds is 4. The van der Waals surface area contributed by atoms with Crippen molar-refractivity contribution in [2.24, 2.45) is 0 Å². The molecule has 0 fully saturated rings. The number of nitrogens with one attached hydrogen (secondary N) is 1. The largest absolute Gasteiger partial charge is 0.394 e. The molecule has 14 heavy (non-hydrogen) atoms. The Bertz CT molecular complexity index is 285. The fourth-order valence-corrected chi connectivity index (χ4v) is 0.888. The Morgan fingerprint density at radius 3 is 2.50 bits per heavy atom. The first-order chi connectivity index (χ1) is 6.59. The van der Waals surface area contributed by atoms with E-state index in [1.807, 2.05) is 0 Å². The van der Waals surface area contributed by atoms with Gasteiger partial charge in [-0.25, -0.2) is 9.37 Å². The molecule has 0 spiro atoms. The molecule has 1 aromatic rings. The molecule has 0 saturated heterocycles. The van der Waals surface area contributed by atoms with Crippen LogP contribution in [0, 0.1) is 5.82 Å². The third-order valence-corrected chi connectivity index (χ3v) is 1.86. The summed E-state index contributed by atoms with van der Waals surface area (Å²) in [7, 11) is 0. The van der Waals surface area contributed by atoms with Crippen LogP contribution in [0.5, 0.6) is 0 Å². The summed E-state index contributed by atoms with van der Waals surface area (Å²) in [6, 6.07) is 2.70. The quantitative estimate of drug-likeness (QED) is 0.657. The van der Waals surface area contributed by atoms with Crippen molar-refractivity contribution in [3.63, 3.8) is 0 Å². The van der Waals surface area contributed by atoms with Crippen LogP contribution >= 0.6 is 0 Å². The van der Waals surface area contributed by atoms with Gasteiger partial charge in [0.05, 0.1) is 24.9 Å². The second-order valence-electron chi connectivity index (χ2n) is 3.36. The first-order valence-electron chi connectivity index (χ1n) is 4.21. The SMILES string of the molecule is CC(CO)(CO)Nc1ccc(F)cn1. The molecule has 0 bridgehead atoms. The summed E-state index contributed by atoms with van der Waals surface area (Å²) in [5.41, 5.74) is -0.842. The average Bonchev–Trinajstić information content (AvgIpc) is 2.21. The number of aliphatic hydroxyl groups is 2. The highest BCUT2D eigenvalue weighted by molar-refractivity contribution is 5.37. The van der Waals surface area contributed by atoms with E-state index >= 15 is 0 Å². The predicted octanol–water partition coefficient (Wildman–Crippen LogP) is 0.376. The Morgan fingerprint density at radius 1 is 1.43 bits per heavy atom. The summed E-state index contributed by atoms with van der Waals surface area (Å²) in [4.78, 5) is 3.75. The van der Waals surface area contributed by atoms with Gasteiger partial charge in [0, 0.05) is 0 Å². The van der Waals surface area contributed by atoms with E-state index in [0.717, 1.165) is 6.20 Å². The minimum Gasteiger partial charge on any atom is -0.394 e. The van der Waals surface area contributed by atoms with Crippen LogP contribution in [0.2, 0.25) is 0 Å². The van der Waals surface area contributed by atoms with Crippen LogP contribution in [0.1, 0.15) is 6.92 Å². The predicted molar refractivity (Wildman–Crippen MR) is 50.4 cm³/mol. The molecular formula is C9H13FN2O2. The van der Waals surface area contributed by atoms with E-state index in [-0.39, 0.29) is 13.2 Å². The monoisotopic (exact) mass is 200 g/mol. The highest BCUT2D eigenvalue weighted by Crippen LogP contribution is 2.12. The molecule has 1 heterocycles. The number of aromatic nitrogens is 1. The maximum Gasteiger partial charge on any atom is 0.141 e. The van der Waals surface area contributed by atoms with Gasteiger partial charge in [0.1, 0.15) is 11.6 Å². The Morgan fingerprint density at radius 2 is 2.07 bits per heavy atom. The maximum absolute atomic E-state index is 12.5. The van der Waals surface area contributed by atoms with Crippen molar-refractivity contribution in [3.8, 4) is 0 Å². The maximum atomic E-state index is 12.5. The second kappa shape index (κ2) is 4.34. The zero-order valence-corrected chi connectivity index (χ0v) is 7.87. The minimum absolute atomic E-state index is 0.234. The molecule has 0 amide bonds. The van der Waals surface area contributed by atoms with Crippen molar-refractivity contribution in [2.75, 3.05) is 18.5 Å². The van der Waals surface area contributed by atoms with Gasteiger partial charge in [-0.3, -0.25) is 0 Å². The van der Waals surface area contributed by atoms with E-state index in [9.17, 15) is 4.39 Å². The third kappa shape index (κ3) is 2.65. The molecule has 0 aliphatic heterocycles. The number of anilines is 1. The molecule has 0 aliphatic carbocycles. The lowest BCUT2D eigenvalue weighted by atomic mass is 10.1. The van der Waals surface area contributed by atoms with Gasteiger partial charge in [0.15, 0.2) is 0 Å². The molecule has 1 rings (SSSR count). The molecule has 3 N–H and O–H groups in total. The Balaban J connectivity index is 2.72. The van der Waals surface area contributed by atoms with Crippen molar-refractivity contribution in [2.45, 2.75) is 12.5 Å². The third-order valence-electron chi connectivity index (χ3n) is 1.86. The lowest BCUT2D eigenvalue weighted by molar-refractivity contribution is 0.147. The Labute approximate surface area is 81.4 Å². The molecule has 1 aromatic heterocycles. The van der Waals surface area contributed by atoms with E-state index in [1.54, 1.807) is 6.92 Å². The molecule has 5 heteroatoms. The average molecular weight is 200 g/mol. The van der Waals surface area contributed by atoms with Gasteiger partial charge in [-0.05, 0) is 19.1 Å². The van der Waals surface area contributed by atoms with Crippen LogP contribution in [-0.4, -0.2) is 33.9 Å². The number of nitrogens with zero attached hydrogens (tertiary/aromatic N) is 1. The molecule has 4 nitrogen and oxygen atoms in total. The second-order valence-corrected chi connectivity index (χ2v) is 3.36. The molecule has 0 unspecified atom stereocenters. The molecule has 0 saturated carbocycles. The van der Waals surface area contributed by atoms with Crippen LogP contribution in [0.25, 0.3) is 0 Å². The fraction of sp³-hybridized carbons (Fsp3) is 0.444. The zero-order valence-electron chi connectivity index (χ0n) is 7.87. The van der Waals surface area contributed by atoms with Crippen molar-refractivity contribution in [1.82, 2.24) is 4.98 Å². The van der Waals surface area contributed by atoms with Crippen LogP contribution in [0.15, 0.2) is 18.3 Å². The summed E-state index contributed by atoms with van der Waals surface area (Å²) in [5, 5.41) is 20.8. The highest BCUT2D eigenvalue weighted by Gasteiger charge is 2.22. The van der Waals surface area contributed by atoms with E-state index in [4.69, 9.17) is 10.2 Å². The van der Waals surface area contributed by atoms with Gasteiger partial charge in [-0.1, -0.05) is 0 Å². The van der Waals surface area contributed by atoms with Crippen LogP contribution in [-0.2, 0) is 0 Å². The molecule has 0 radical (unpaired) electrons. The van der Waals surface area contributed by atoms with Crippen LogP contribution in [0.3, 0.4) is 0 Å². The smallest absolute Gasteiger partial charge is 0.141 e. The molecule has 0 aliphatic rings. The summed E-state index contributed by atoms with van der Waals surface area (Å²) >= 11 is 0. The summed E-state index contributed by atoms with van der Waals surface area (Å²) in [5.74, 6) is -0.0118. The van der Waals surface area contributed by atoms with E-state index in [0.29, 0.717) is 5.82 Å². The van der Waals surface area contributed by atoms with Crippen LogP contribution in [0.4, 0.5) is 10.2 Å². The highest BCUT2D eigenvalue weighted by atomic mass is 19.1. The number of hydrogen-bond acceptors (Lipinski definition) is 4. The molecule has 0 atom stereocenters. The summed E-state index contributed by atoms with van der Waals surface area (Å²) < 4.78 is 12.5. The van der Waals surface area contributed by atoms with Crippen molar-refractivity contribution >= 4 is 5.82 Å². The van der Waals surface area contributed by atoms with Gasteiger partial charge in [-0.15, -0.1) is 0 Å². The first kappa shape index (κ1) is 10.9. The van der Waals surface area contributed by atoms with E-state index in [1.165, 1.54) is 12.1 Å². The van der Waals surface area contributed by atoms with Crippen LogP contribution < -0.4 is 5.32 Å². The number of hydrogen-bond donors (Lipinski definition) is 3. The first-order valence-corrected chi connectivity index (χ1v) is 4.21.